The molecule has 1 rings (SSSR count). The smallest absolute Gasteiger partial charge is 0.409 e. The number of hydrogen-bond acceptors (Lipinski definition) is 4. The van der Waals surface area contributed by atoms with Crippen LogP contribution < -0.4 is 0 Å². The Labute approximate surface area is 102 Å². The van der Waals surface area contributed by atoms with Gasteiger partial charge in [-0.05, 0) is 12.3 Å². The van der Waals surface area contributed by atoms with Gasteiger partial charge in [-0.15, -0.1) is 0 Å². The molecule has 1 heterocycles. The number of carbonyl (C=O) groups is 1. The molecule has 0 radical (unpaired) electrons. The molecule has 1 unspecified atom stereocenters. The first-order valence-corrected chi connectivity index (χ1v) is 6.21. The number of nitrogens with zero attached hydrogens (tertiary/aromatic N) is 2. The fourth-order valence-electron chi connectivity index (χ4n) is 1.91. The average molecular weight is 242 g/mol. The van der Waals surface area contributed by atoms with Crippen LogP contribution in [0, 0.1) is 11.8 Å². The number of amides is 1. The SMILES string of the molecule is CCC1CN(C(=O)OCC(C)C)CCC1=NO. The first-order valence-electron chi connectivity index (χ1n) is 6.21. The minimum absolute atomic E-state index is 0.153. The van der Waals surface area contributed by atoms with Crippen molar-refractivity contribution in [2.45, 2.75) is 33.6 Å². The van der Waals surface area contributed by atoms with Crippen LogP contribution in [0.15, 0.2) is 5.16 Å². The van der Waals surface area contributed by atoms with Crippen molar-refractivity contribution in [1.29, 1.82) is 0 Å². The summed E-state index contributed by atoms with van der Waals surface area (Å²) in [7, 11) is 0. The summed E-state index contributed by atoms with van der Waals surface area (Å²) < 4.78 is 5.19. The predicted octanol–water partition coefficient (Wildman–Crippen LogP) is 2.34. The van der Waals surface area contributed by atoms with Crippen molar-refractivity contribution < 1.29 is 14.7 Å². The van der Waals surface area contributed by atoms with Gasteiger partial charge in [-0.25, -0.2) is 4.79 Å². The summed E-state index contributed by atoms with van der Waals surface area (Å²) >= 11 is 0. The highest BCUT2D eigenvalue weighted by atomic mass is 16.6. The van der Waals surface area contributed by atoms with E-state index in [9.17, 15) is 4.79 Å². The molecule has 1 atom stereocenters. The van der Waals surface area contributed by atoms with Gasteiger partial charge in [0.05, 0.1) is 12.3 Å². The Balaban J connectivity index is 2.49. The molecule has 17 heavy (non-hydrogen) atoms. The second kappa shape index (κ2) is 6.47. The van der Waals surface area contributed by atoms with Gasteiger partial charge in [-0.1, -0.05) is 25.9 Å². The van der Waals surface area contributed by atoms with Gasteiger partial charge in [0, 0.05) is 25.4 Å². The summed E-state index contributed by atoms with van der Waals surface area (Å²) in [6, 6.07) is 0. The lowest BCUT2D eigenvalue weighted by molar-refractivity contribution is 0.0866. The summed E-state index contributed by atoms with van der Waals surface area (Å²) in [5.74, 6) is 0.501. The maximum atomic E-state index is 11.8. The Bertz CT molecular complexity index is 289. The Morgan fingerprint density at radius 3 is 2.88 bits per heavy atom. The summed E-state index contributed by atoms with van der Waals surface area (Å²) in [5.41, 5.74) is 0.792. The van der Waals surface area contributed by atoms with Crippen LogP contribution in [-0.2, 0) is 4.74 Å². The first kappa shape index (κ1) is 13.8. The van der Waals surface area contributed by atoms with Gasteiger partial charge < -0.3 is 14.8 Å². The van der Waals surface area contributed by atoms with E-state index in [4.69, 9.17) is 9.94 Å². The summed E-state index contributed by atoms with van der Waals surface area (Å²) in [6.07, 6.45) is 1.24. The van der Waals surface area contributed by atoms with Crippen molar-refractivity contribution in [2.75, 3.05) is 19.7 Å². The van der Waals surface area contributed by atoms with Crippen LogP contribution in [0.2, 0.25) is 0 Å². The zero-order valence-electron chi connectivity index (χ0n) is 10.8. The van der Waals surface area contributed by atoms with E-state index in [0.717, 1.165) is 12.1 Å². The molecule has 1 saturated heterocycles. The standard InChI is InChI=1S/C12H22N2O3/c1-4-10-7-14(6-5-11(10)13-16)12(15)17-8-9(2)3/h9-10,16H,4-8H2,1-3H3. The minimum atomic E-state index is -0.255. The Morgan fingerprint density at radius 2 is 2.35 bits per heavy atom. The highest BCUT2D eigenvalue weighted by Gasteiger charge is 2.28. The van der Waals surface area contributed by atoms with Gasteiger partial charge >= 0.3 is 6.09 Å². The highest BCUT2D eigenvalue weighted by molar-refractivity contribution is 5.88. The summed E-state index contributed by atoms with van der Waals surface area (Å²) in [4.78, 5) is 13.5. The van der Waals surface area contributed by atoms with Crippen LogP contribution in [0.5, 0.6) is 0 Å². The number of likely N-dealkylation sites (tertiary alicyclic amines) is 1. The van der Waals surface area contributed by atoms with Gasteiger partial charge in [-0.3, -0.25) is 0 Å². The molecular weight excluding hydrogens is 220 g/mol. The lowest BCUT2D eigenvalue weighted by Crippen LogP contribution is -2.44. The Kier molecular flexibility index (Phi) is 5.25. The fraction of sp³-hybridized carbons (Fsp3) is 0.833. The molecule has 5 nitrogen and oxygen atoms in total. The van der Waals surface area contributed by atoms with Gasteiger partial charge in [-0.2, -0.15) is 0 Å². The molecule has 0 spiro atoms. The number of carbonyl (C=O) groups excluding carboxylic acids is 1. The van der Waals surface area contributed by atoms with Crippen LogP contribution in [0.25, 0.3) is 0 Å². The van der Waals surface area contributed by atoms with Crippen LogP contribution >= 0.6 is 0 Å². The van der Waals surface area contributed by atoms with E-state index in [-0.39, 0.29) is 12.0 Å². The van der Waals surface area contributed by atoms with E-state index in [0.29, 0.717) is 32.0 Å². The second-order valence-electron chi connectivity index (χ2n) is 4.86. The number of hydrogen-bond donors (Lipinski definition) is 1. The number of ether oxygens (including phenoxy) is 1. The molecule has 98 valence electrons. The highest BCUT2D eigenvalue weighted by Crippen LogP contribution is 2.18. The van der Waals surface area contributed by atoms with Gasteiger partial charge in [0.1, 0.15) is 0 Å². The van der Waals surface area contributed by atoms with Crippen molar-refractivity contribution >= 4 is 11.8 Å². The Morgan fingerprint density at radius 1 is 1.65 bits per heavy atom. The summed E-state index contributed by atoms with van der Waals surface area (Å²) in [5, 5.41) is 12.2. The van der Waals surface area contributed by atoms with E-state index >= 15 is 0 Å². The average Bonchev–Trinajstić information content (AvgIpc) is 2.34. The van der Waals surface area contributed by atoms with E-state index in [1.54, 1.807) is 4.90 Å². The molecule has 1 amide bonds. The third-order valence-electron chi connectivity index (χ3n) is 2.97. The maximum Gasteiger partial charge on any atom is 0.409 e. The molecule has 0 saturated carbocycles. The molecule has 1 aliphatic rings. The first-order chi connectivity index (χ1) is 8.08. The minimum Gasteiger partial charge on any atom is -0.449 e. The van der Waals surface area contributed by atoms with Gasteiger partial charge in [0.25, 0.3) is 0 Å². The van der Waals surface area contributed by atoms with Crippen LogP contribution in [0.4, 0.5) is 4.79 Å². The van der Waals surface area contributed by atoms with E-state index in [2.05, 4.69) is 5.16 Å². The molecule has 1 N–H and O–H groups in total. The zero-order chi connectivity index (χ0) is 12.8. The van der Waals surface area contributed by atoms with Crippen LogP contribution in [0.1, 0.15) is 33.6 Å². The zero-order valence-corrected chi connectivity index (χ0v) is 10.8. The maximum absolute atomic E-state index is 11.8. The van der Waals surface area contributed by atoms with Crippen molar-refractivity contribution in [2.24, 2.45) is 17.0 Å². The molecule has 0 aromatic heterocycles. The third-order valence-corrected chi connectivity index (χ3v) is 2.97. The van der Waals surface area contributed by atoms with E-state index in [1.807, 2.05) is 20.8 Å². The molecular formula is C12H22N2O3. The number of rotatable bonds is 3. The largest absolute Gasteiger partial charge is 0.449 e. The molecule has 0 aliphatic carbocycles. The molecule has 0 aromatic carbocycles. The topological polar surface area (TPSA) is 62.1 Å². The molecule has 1 fully saturated rings. The van der Waals surface area contributed by atoms with Crippen molar-refractivity contribution in [1.82, 2.24) is 4.90 Å². The van der Waals surface area contributed by atoms with Gasteiger partial charge in [0.2, 0.25) is 0 Å². The van der Waals surface area contributed by atoms with E-state index in [1.165, 1.54) is 0 Å². The predicted molar refractivity (Wildman–Crippen MR) is 65.4 cm³/mol. The lowest BCUT2D eigenvalue weighted by Gasteiger charge is -2.32. The second-order valence-corrected chi connectivity index (χ2v) is 4.86. The lowest BCUT2D eigenvalue weighted by atomic mass is 9.93. The van der Waals surface area contributed by atoms with Crippen LogP contribution in [-0.4, -0.2) is 41.6 Å². The van der Waals surface area contributed by atoms with Gasteiger partial charge in [0.15, 0.2) is 0 Å². The van der Waals surface area contributed by atoms with Crippen molar-refractivity contribution in [3.63, 3.8) is 0 Å². The number of piperidine rings is 1. The quantitative estimate of drug-likeness (QED) is 0.610. The normalized spacial score (nSPS) is 23.2. The number of oxime groups is 1. The van der Waals surface area contributed by atoms with E-state index < -0.39 is 0 Å². The van der Waals surface area contributed by atoms with Crippen molar-refractivity contribution in [3.05, 3.63) is 0 Å². The van der Waals surface area contributed by atoms with Crippen LogP contribution in [0.3, 0.4) is 0 Å². The summed E-state index contributed by atoms with van der Waals surface area (Å²) in [6.45, 7) is 7.66. The molecule has 5 heteroatoms. The van der Waals surface area contributed by atoms with Crippen molar-refractivity contribution in [3.8, 4) is 0 Å². The monoisotopic (exact) mass is 242 g/mol. The molecule has 1 aliphatic heterocycles. The Hall–Kier alpha value is -1.26. The molecule has 0 aromatic rings. The third kappa shape index (κ3) is 3.91. The molecule has 0 bridgehead atoms. The fourth-order valence-corrected chi connectivity index (χ4v) is 1.91.